The standard InChI is InChI=1S/C31H33N7O4/c1-31(2,40)18-42-25-10-26(29-23(11-32)14-35-38(29)17-25)19-4-6-27(33-12-19)37-15-21-8-24(9-22(21)16-37)36-30(39)20-5-7-28(41-3)34-13-20/h4-7,10,12-14,17,21-22,24,40H,8-9,15-16,18H2,1-3H3,(H,36,39)/t21-,22+,24-. The Hall–Kier alpha value is -4.69. The molecule has 3 atom stereocenters. The first-order chi connectivity index (χ1) is 20.2. The predicted octanol–water partition coefficient (Wildman–Crippen LogP) is 3.47. The first-order valence-corrected chi connectivity index (χ1v) is 14.0. The number of aromatic nitrogens is 4. The van der Waals surface area contributed by atoms with E-state index < -0.39 is 5.60 Å². The molecule has 6 rings (SSSR count). The van der Waals surface area contributed by atoms with Crippen LogP contribution in [0.3, 0.4) is 0 Å². The number of nitrogens with zero attached hydrogens (tertiary/aromatic N) is 6. The lowest BCUT2D eigenvalue weighted by atomic mass is 10.0. The number of carbonyl (C=O) groups is 1. The molecule has 0 spiro atoms. The fourth-order valence-corrected chi connectivity index (χ4v) is 5.98. The topological polar surface area (TPSA) is 138 Å². The summed E-state index contributed by atoms with van der Waals surface area (Å²) in [6.07, 6.45) is 8.47. The molecule has 1 saturated carbocycles. The van der Waals surface area contributed by atoms with E-state index >= 15 is 0 Å². The summed E-state index contributed by atoms with van der Waals surface area (Å²) in [5, 5.41) is 27.3. The highest BCUT2D eigenvalue weighted by Gasteiger charge is 2.41. The minimum Gasteiger partial charge on any atom is -0.489 e. The van der Waals surface area contributed by atoms with E-state index in [1.807, 2.05) is 24.4 Å². The van der Waals surface area contributed by atoms with Gasteiger partial charge in [0, 0.05) is 48.7 Å². The second-order valence-electron chi connectivity index (χ2n) is 11.7. The third-order valence-corrected chi connectivity index (χ3v) is 7.98. The Kier molecular flexibility index (Phi) is 7.16. The number of methoxy groups -OCH3 is 1. The lowest BCUT2D eigenvalue weighted by Crippen LogP contribution is -2.35. The van der Waals surface area contributed by atoms with Gasteiger partial charge in [0.15, 0.2) is 0 Å². The molecule has 2 N–H and O–H groups in total. The van der Waals surface area contributed by atoms with Crippen molar-refractivity contribution < 1.29 is 19.4 Å². The number of pyridine rings is 3. The van der Waals surface area contributed by atoms with Crippen LogP contribution in [-0.4, -0.2) is 69.0 Å². The average molecular weight is 568 g/mol. The van der Waals surface area contributed by atoms with Crippen molar-refractivity contribution in [3.8, 4) is 28.8 Å². The van der Waals surface area contributed by atoms with Gasteiger partial charge in [-0.3, -0.25) is 4.79 Å². The van der Waals surface area contributed by atoms with E-state index in [9.17, 15) is 15.2 Å². The summed E-state index contributed by atoms with van der Waals surface area (Å²) >= 11 is 0. The average Bonchev–Trinajstić information content (AvgIpc) is 3.69. The predicted molar refractivity (Wildman–Crippen MR) is 155 cm³/mol. The Bertz CT molecular complexity index is 1620. The van der Waals surface area contributed by atoms with Gasteiger partial charge in [-0.1, -0.05) is 0 Å². The van der Waals surface area contributed by atoms with Crippen LogP contribution in [0.4, 0.5) is 5.82 Å². The lowest BCUT2D eigenvalue weighted by Gasteiger charge is -2.21. The van der Waals surface area contributed by atoms with E-state index in [1.165, 1.54) is 6.20 Å². The maximum absolute atomic E-state index is 12.7. The molecular weight excluding hydrogens is 534 g/mol. The number of fused-ring (bicyclic) bond motifs is 2. The summed E-state index contributed by atoms with van der Waals surface area (Å²) in [6.45, 7) is 5.25. The zero-order valence-electron chi connectivity index (χ0n) is 23.8. The zero-order chi connectivity index (χ0) is 29.4. The minimum absolute atomic E-state index is 0.106. The van der Waals surface area contributed by atoms with Crippen molar-refractivity contribution >= 4 is 17.2 Å². The van der Waals surface area contributed by atoms with E-state index in [0.717, 1.165) is 42.9 Å². The van der Waals surface area contributed by atoms with E-state index in [4.69, 9.17) is 14.5 Å². The number of rotatable bonds is 8. The number of nitrogens with one attached hydrogen (secondary N) is 1. The molecule has 0 unspecified atom stereocenters. The minimum atomic E-state index is -0.992. The highest BCUT2D eigenvalue weighted by atomic mass is 16.5. The molecule has 5 heterocycles. The monoisotopic (exact) mass is 567 g/mol. The van der Waals surface area contributed by atoms with Gasteiger partial charge in [0.25, 0.3) is 5.91 Å². The molecule has 11 heteroatoms. The molecule has 42 heavy (non-hydrogen) atoms. The van der Waals surface area contributed by atoms with Gasteiger partial charge in [-0.05, 0) is 62.8 Å². The normalized spacial score (nSPS) is 19.9. The quantitative estimate of drug-likeness (QED) is 0.328. The van der Waals surface area contributed by atoms with Crippen LogP contribution in [0.1, 0.15) is 42.6 Å². The molecular formula is C31H33N7O4. The number of nitriles is 1. The number of aliphatic hydroxyl groups is 1. The molecule has 216 valence electrons. The first kappa shape index (κ1) is 27.5. The van der Waals surface area contributed by atoms with Gasteiger partial charge in [0.2, 0.25) is 5.88 Å². The highest BCUT2D eigenvalue weighted by Crippen LogP contribution is 2.40. The molecule has 2 fully saturated rings. The summed E-state index contributed by atoms with van der Waals surface area (Å²) in [5.41, 5.74) is 2.29. The second kappa shape index (κ2) is 10.9. The van der Waals surface area contributed by atoms with Crippen molar-refractivity contribution in [1.82, 2.24) is 24.9 Å². The highest BCUT2D eigenvalue weighted by molar-refractivity contribution is 5.94. The number of amides is 1. The fraction of sp³-hybridized carbons (Fsp3) is 0.387. The molecule has 0 radical (unpaired) electrons. The van der Waals surface area contributed by atoms with Crippen molar-refractivity contribution in [2.24, 2.45) is 11.8 Å². The SMILES string of the molecule is COc1ccc(C(=O)N[C@@H]2C[C@@H]3CN(c4ccc(-c5cc(OCC(C)(C)O)cn6ncc(C#N)c56)cn4)C[C@@H]3C2)cn1. The van der Waals surface area contributed by atoms with Crippen LogP contribution in [0.25, 0.3) is 16.6 Å². The molecule has 1 saturated heterocycles. The van der Waals surface area contributed by atoms with Crippen LogP contribution in [0, 0.1) is 23.2 Å². The number of hydrogen-bond acceptors (Lipinski definition) is 9. The van der Waals surface area contributed by atoms with Gasteiger partial charge in [-0.25, -0.2) is 14.5 Å². The second-order valence-corrected chi connectivity index (χ2v) is 11.7. The number of hydrogen-bond donors (Lipinski definition) is 2. The third-order valence-electron chi connectivity index (χ3n) is 7.98. The van der Waals surface area contributed by atoms with Gasteiger partial charge in [-0.15, -0.1) is 0 Å². The third kappa shape index (κ3) is 5.58. The molecule has 1 aliphatic heterocycles. The fourth-order valence-electron chi connectivity index (χ4n) is 5.98. The molecule has 0 bridgehead atoms. The Morgan fingerprint density at radius 3 is 2.55 bits per heavy atom. The maximum atomic E-state index is 12.7. The molecule has 4 aromatic heterocycles. The lowest BCUT2D eigenvalue weighted by molar-refractivity contribution is 0.0283. The van der Waals surface area contributed by atoms with Gasteiger partial charge in [-0.2, -0.15) is 10.4 Å². The van der Waals surface area contributed by atoms with Crippen LogP contribution in [-0.2, 0) is 0 Å². The molecule has 0 aromatic carbocycles. The zero-order valence-corrected chi connectivity index (χ0v) is 23.8. The summed E-state index contributed by atoms with van der Waals surface area (Å²) in [6, 6.07) is 11.7. The number of carbonyl (C=O) groups excluding carboxylic acids is 1. The molecule has 1 amide bonds. The van der Waals surface area contributed by atoms with Gasteiger partial charge in [0.05, 0.1) is 41.7 Å². The van der Waals surface area contributed by atoms with Gasteiger partial charge in [0.1, 0.15) is 24.2 Å². The van der Waals surface area contributed by atoms with Crippen molar-refractivity contribution in [3.63, 3.8) is 0 Å². The van der Waals surface area contributed by atoms with Crippen LogP contribution in [0.5, 0.6) is 11.6 Å². The van der Waals surface area contributed by atoms with Gasteiger partial charge < -0.3 is 24.8 Å². The van der Waals surface area contributed by atoms with Gasteiger partial charge >= 0.3 is 0 Å². The van der Waals surface area contributed by atoms with E-state index in [-0.39, 0.29) is 18.6 Å². The summed E-state index contributed by atoms with van der Waals surface area (Å²) in [4.78, 5) is 23.9. The van der Waals surface area contributed by atoms with Crippen LogP contribution in [0.15, 0.2) is 55.1 Å². The summed E-state index contributed by atoms with van der Waals surface area (Å²) in [5.74, 6) is 2.78. The largest absolute Gasteiger partial charge is 0.489 e. The van der Waals surface area contributed by atoms with Crippen LogP contribution < -0.4 is 19.7 Å². The molecule has 4 aromatic rings. The van der Waals surface area contributed by atoms with Crippen molar-refractivity contribution in [2.75, 3.05) is 31.7 Å². The van der Waals surface area contributed by atoms with E-state index in [2.05, 4.69) is 26.4 Å². The summed E-state index contributed by atoms with van der Waals surface area (Å²) < 4.78 is 12.5. The summed E-state index contributed by atoms with van der Waals surface area (Å²) in [7, 11) is 1.55. The van der Waals surface area contributed by atoms with Crippen LogP contribution in [0.2, 0.25) is 0 Å². The molecule has 2 aliphatic rings. The molecule has 1 aliphatic carbocycles. The van der Waals surface area contributed by atoms with Crippen molar-refractivity contribution in [1.29, 1.82) is 5.26 Å². The molecule has 11 nitrogen and oxygen atoms in total. The van der Waals surface area contributed by atoms with Crippen molar-refractivity contribution in [2.45, 2.75) is 38.3 Å². The Morgan fingerprint density at radius 2 is 1.93 bits per heavy atom. The Balaban J connectivity index is 1.13. The first-order valence-electron chi connectivity index (χ1n) is 14.0. The Morgan fingerprint density at radius 1 is 1.14 bits per heavy atom. The van der Waals surface area contributed by atoms with Crippen LogP contribution >= 0.6 is 0 Å². The number of anilines is 1. The maximum Gasteiger partial charge on any atom is 0.253 e. The van der Waals surface area contributed by atoms with E-state index in [1.54, 1.807) is 50.0 Å². The van der Waals surface area contributed by atoms with E-state index in [0.29, 0.717) is 40.1 Å². The van der Waals surface area contributed by atoms with Crippen molar-refractivity contribution in [3.05, 3.63) is 66.2 Å². The Labute approximate surface area is 243 Å². The smallest absolute Gasteiger partial charge is 0.253 e. The number of ether oxygens (including phenoxy) is 2.